The van der Waals surface area contributed by atoms with Gasteiger partial charge in [-0.15, -0.1) is 0 Å². The van der Waals surface area contributed by atoms with Crippen LogP contribution in [0.4, 0.5) is 0 Å². The first kappa shape index (κ1) is 11.7. The predicted octanol–water partition coefficient (Wildman–Crippen LogP) is 3.32. The number of hydrogen-bond acceptors (Lipinski definition) is 3. The summed E-state index contributed by atoms with van der Waals surface area (Å²) in [4.78, 5) is 4.05. The van der Waals surface area contributed by atoms with E-state index in [1.54, 1.807) is 25.4 Å². The maximum absolute atomic E-state index is 5.93. The monoisotopic (exact) mass is 249 g/mol. The van der Waals surface area contributed by atoms with E-state index in [0.29, 0.717) is 17.5 Å². The largest absolute Gasteiger partial charge is 0.497 e. The first-order chi connectivity index (χ1) is 8.29. The smallest absolute Gasteiger partial charge is 0.232 e. The number of nitrogens with zero attached hydrogens (tertiary/aromatic N) is 1. The highest BCUT2D eigenvalue weighted by Crippen LogP contribution is 2.21. The quantitative estimate of drug-likeness (QED) is 0.833. The highest BCUT2D eigenvalue weighted by atomic mass is 35.5. The molecule has 17 heavy (non-hydrogen) atoms. The molecule has 0 atom stereocenters. The van der Waals surface area contributed by atoms with Crippen molar-refractivity contribution in [2.75, 3.05) is 7.11 Å². The normalized spacial score (nSPS) is 10.0. The number of pyridine rings is 1. The van der Waals surface area contributed by atoms with Crippen LogP contribution < -0.4 is 9.47 Å². The molecule has 0 N–H and O–H groups in total. The summed E-state index contributed by atoms with van der Waals surface area (Å²) in [6.07, 6.45) is 1.65. The number of benzene rings is 1. The summed E-state index contributed by atoms with van der Waals surface area (Å²) in [5, 5.41) is 0.515. The Morgan fingerprint density at radius 1 is 1.18 bits per heavy atom. The first-order valence-electron chi connectivity index (χ1n) is 5.16. The van der Waals surface area contributed by atoms with E-state index in [-0.39, 0.29) is 0 Å². The second-order valence-corrected chi connectivity index (χ2v) is 3.83. The molecule has 0 fully saturated rings. The third kappa shape index (κ3) is 3.11. The Labute approximate surface area is 105 Å². The van der Waals surface area contributed by atoms with Crippen molar-refractivity contribution in [3.8, 4) is 11.6 Å². The molecule has 0 unspecified atom stereocenters. The molecule has 1 aromatic carbocycles. The Morgan fingerprint density at radius 2 is 1.94 bits per heavy atom. The molecule has 88 valence electrons. The van der Waals surface area contributed by atoms with Crippen LogP contribution in [0.5, 0.6) is 11.6 Å². The van der Waals surface area contributed by atoms with Crippen molar-refractivity contribution >= 4 is 11.6 Å². The fraction of sp³-hybridized carbons (Fsp3) is 0.154. The molecule has 0 bridgehead atoms. The Hall–Kier alpha value is -1.74. The summed E-state index contributed by atoms with van der Waals surface area (Å²) >= 11 is 5.93. The zero-order valence-corrected chi connectivity index (χ0v) is 10.1. The van der Waals surface area contributed by atoms with Crippen LogP contribution in [0.15, 0.2) is 42.6 Å². The van der Waals surface area contributed by atoms with Gasteiger partial charge in [0, 0.05) is 6.20 Å². The molecule has 3 nitrogen and oxygen atoms in total. The van der Waals surface area contributed by atoms with E-state index < -0.39 is 0 Å². The van der Waals surface area contributed by atoms with Gasteiger partial charge in [0.2, 0.25) is 5.88 Å². The molecule has 0 spiro atoms. The Kier molecular flexibility index (Phi) is 3.83. The molecule has 2 aromatic rings. The van der Waals surface area contributed by atoms with Crippen molar-refractivity contribution in [2.45, 2.75) is 6.61 Å². The van der Waals surface area contributed by atoms with Crippen molar-refractivity contribution in [1.82, 2.24) is 4.98 Å². The molecule has 0 saturated heterocycles. The lowest BCUT2D eigenvalue weighted by molar-refractivity contribution is 0.294. The summed E-state index contributed by atoms with van der Waals surface area (Å²) in [5.74, 6) is 1.27. The van der Waals surface area contributed by atoms with Gasteiger partial charge in [0.25, 0.3) is 0 Å². The van der Waals surface area contributed by atoms with Crippen LogP contribution in [-0.4, -0.2) is 12.1 Å². The number of methoxy groups -OCH3 is 1. The van der Waals surface area contributed by atoms with E-state index in [0.717, 1.165) is 11.3 Å². The molecule has 1 aromatic heterocycles. The third-order valence-electron chi connectivity index (χ3n) is 2.26. The lowest BCUT2D eigenvalue weighted by Crippen LogP contribution is -1.97. The summed E-state index contributed by atoms with van der Waals surface area (Å²) in [5.41, 5.74) is 1.03. The molecular weight excluding hydrogens is 238 g/mol. The summed E-state index contributed by atoms with van der Waals surface area (Å²) in [7, 11) is 1.64. The molecule has 4 heteroatoms. The highest BCUT2D eigenvalue weighted by Gasteiger charge is 2.02. The standard InChI is InChI=1S/C13H12ClNO2/c1-16-11-6-4-10(5-7-11)9-17-13-12(14)3-2-8-15-13/h2-8H,9H2,1H3. The average molecular weight is 250 g/mol. The van der Waals surface area contributed by atoms with Gasteiger partial charge in [-0.05, 0) is 29.8 Å². The van der Waals surface area contributed by atoms with Gasteiger partial charge in [-0.3, -0.25) is 0 Å². The topological polar surface area (TPSA) is 31.4 Å². The number of hydrogen-bond donors (Lipinski definition) is 0. The van der Waals surface area contributed by atoms with Gasteiger partial charge in [-0.1, -0.05) is 23.7 Å². The predicted molar refractivity (Wildman–Crippen MR) is 66.6 cm³/mol. The first-order valence-corrected chi connectivity index (χ1v) is 5.53. The number of aromatic nitrogens is 1. The number of ether oxygens (including phenoxy) is 2. The highest BCUT2D eigenvalue weighted by molar-refractivity contribution is 6.31. The molecule has 0 aliphatic heterocycles. The Morgan fingerprint density at radius 3 is 2.59 bits per heavy atom. The molecule has 0 aliphatic rings. The zero-order chi connectivity index (χ0) is 12.1. The molecule has 0 radical (unpaired) electrons. The van der Waals surface area contributed by atoms with Gasteiger partial charge in [0.15, 0.2) is 0 Å². The second kappa shape index (κ2) is 5.55. The molecule has 0 amide bonds. The van der Waals surface area contributed by atoms with Crippen molar-refractivity contribution in [2.24, 2.45) is 0 Å². The molecular formula is C13H12ClNO2. The van der Waals surface area contributed by atoms with Crippen molar-refractivity contribution in [3.63, 3.8) is 0 Å². The van der Waals surface area contributed by atoms with Crippen molar-refractivity contribution in [3.05, 3.63) is 53.2 Å². The van der Waals surface area contributed by atoms with Gasteiger partial charge >= 0.3 is 0 Å². The lowest BCUT2D eigenvalue weighted by Gasteiger charge is -2.07. The molecule has 2 rings (SSSR count). The van der Waals surface area contributed by atoms with Gasteiger partial charge in [-0.2, -0.15) is 0 Å². The van der Waals surface area contributed by atoms with E-state index in [2.05, 4.69) is 4.98 Å². The van der Waals surface area contributed by atoms with E-state index >= 15 is 0 Å². The number of rotatable bonds is 4. The van der Waals surface area contributed by atoms with Crippen LogP contribution >= 0.6 is 11.6 Å². The Balaban J connectivity index is 2.00. The van der Waals surface area contributed by atoms with Gasteiger partial charge in [0.05, 0.1) is 7.11 Å². The van der Waals surface area contributed by atoms with Crippen molar-refractivity contribution < 1.29 is 9.47 Å². The Bertz CT molecular complexity index is 485. The second-order valence-electron chi connectivity index (χ2n) is 3.43. The van der Waals surface area contributed by atoms with E-state index in [9.17, 15) is 0 Å². The van der Waals surface area contributed by atoms with Crippen LogP contribution in [0.3, 0.4) is 0 Å². The lowest BCUT2D eigenvalue weighted by atomic mass is 10.2. The SMILES string of the molecule is COc1ccc(COc2ncccc2Cl)cc1. The minimum absolute atomic E-state index is 0.431. The molecule has 1 heterocycles. The molecule has 0 aliphatic carbocycles. The van der Waals surface area contributed by atoms with E-state index in [1.165, 1.54) is 0 Å². The van der Waals surface area contributed by atoms with Gasteiger partial charge in [0.1, 0.15) is 17.4 Å². The minimum atomic E-state index is 0.431. The van der Waals surface area contributed by atoms with Crippen LogP contribution in [0, 0.1) is 0 Å². The van der Waals surface area contributed by atoms with E-state index in [4.69, 9.17) is 21.1 Å². The maximum Gasteiger partial charge on any atom is 0.232 e. The summed E-state index contributed by atoms with van der Waals surface area (Å²) in [6.45, 7) is 0.431. The average Bonchev–Trinajstić information content (AvgIpc) is 2.38. The molecule has 0 saturated carbocycles. The maximum atomic E-state index is 5.93. The number of halogens is 1. The van der Waals surface area contributed by atoms with Crippen LogP contribution in [0.25, 0.3) is 0 Å². The van der Waals surface area contributed by atoms with Crippen LogP contribution in [-0.2, 0) is 6.61 Å². The van der Waals surface area contributed by atoms with Gasteiger partial charge in [-0.25, -0.2) is 4.98 Å². The van der Waals surface area contributed by atoms with Crippen LogP contribution in [0.1, 0.15) is 5.56 Å². The van der Waals surface area contributed by atoms with Crippen LogP contribution in [0.2, 0.25) is 5.02 Å². The fourth-order valence-corrected chi connectivity index (χ4v) is 1.53. The zero-order valence-electron chi connectivity index (χ0n) is 9.39. The fourth-order valence-electron chi connectivity index (χ4n) is 1.35. The third-order valence-corrected chi connectivity index (χ3v) is 2.55. The summed E-state index contributed by atoms with van der Waals surface area (Å²) < 4.78 is 10.6. The minimum Gasteiger partial charge on any atom is -0.497 e. The summed E-state index contributed by atoms with van der Waals surface area (Å²) in [6, 6.07) is 11.2. The van der Waals surface area contributed by atoms with Crippen molar-refractivity contribution in [1.29, 1.82) is 0 Å². The van der Waals surface area contributed by atoms with E-state index in [1.807, 2.05) is 24.3 Å². The van der Waals surface area contributed by atoms with Gasteiger partial charge < -0.3 is 9.47 Å².